The number of aliphatic hydroxyl groups excluding tert-OH is 1. The normalized spacial score (nSPS) is 30.2. The lowest BCUT2D eigenvalue weighted by Gasteiger charge is -2.34. The monoisotopic (exact) mass is 219 g/mol. The molecule has 0 bridgehead atoms. The molecule has 3 unspecified atom stereocenters. The minimum Gasteiger partial charge on any atom is -0.393 e. The van der Waals surface area contributed by atoms with Crippen molar-refractivity contribution in [2.45, 2.75) is 50.8 Å². The van der Waals surface area contributed by atoms with Gasteiger partial charge >= 0.3 is 0 Å². The zero-order chi connectivity index (χ0) is 11.4. The van der Waals surface area contributed by atoms with Gasteiger partial charge in [-0.15, -0.1) is 0 Å². The van der Waals surface area contributed by atoms with E-state index in [4.69, 9.17) is 0 Å². The average molecular weight is 219 g/mol. The summed E-state index contributed by atoms with van der Waals surface area (Å²) in [5.74, 6) is 0. The minimum absolute atomic E-state index is 0.150. The maximum atomic E-state index is 9.90. The number of hydrogen-bond acceptors (Lipinski definition) is 2. The lowest BCUT2D eigenvalue weighted by Crippen LogP contribution is -2.42. The number of benzene rings is 1. The Kier molecular flexibility index (Phi) is 3.97. The number of rotatable bonds is 3. The van der Waals surface area contributed by atoms with Crippen LogP contribution < -0.4 is 5.32 Å². The van der Waals surface area contributed by atoms with Gasteiger partial charge in [-0.2, -0.15) is 0 Å². The van der Waals surface area contributed by atoms with Crippen LogP contribution in [0.1, 0.15) is 44.2 Å². The highest BCUT2D eigenvalue weighted by molar-refractivity contribution is 5.19. The van der Waals surface area contributed by atoms with Crippen molar-refractivity contribution < 1.29 is 5.11 Å². The van der Waals surface area contributed by atoms with Gasteiger partial charge in [0.15, 0.2) is 0 Å². The fourth-order valence-electron chi connectivity index (χ4n) is 2.58. The molecule has 2 nitrogen and oxygen atoms in total. The number of nitrogens with one attached hydrogen (secondary N) is 1. The molecule has 3 atom stereocenters. The molecule has 1 aliphatic heterocycles. The molecule has 0 aliphatic carbocycles. The predicted molar refractivity (Wildman–Crippen MR) is 66.3 cm³/mol. The second-order valence-corrected chi connectivity index (χ2v) is 4.74. The summed E-state index contributed by atoms with van der Waals surface area (Å²) in [6.45, 7) is 2.19. The Balaban J connectivity index is 2.04. The van der Waals surface area contributed by atoms with Crippen LogP contribution in [0, 0.1) is 0 Å². The van der Waals surface area contributed by atoms with E-state index in [0.29, 0.717) is 12.1 Å². The van der Waals surface area contributed by atoms with Gasteiger partial charge in [-0.05, 0) is 24.8 Å². The Morgan fingerprint density at radius 3 is 2.69 bits per heavy atom. The Morgan fingerprint density at radius 2 is 2.00 bits per heavy atom. The molecule has 2 rings (SSSR count). The molecule has 0 saturated carbocycles. The molecule has 0 spiro atoms. The molecule has 1 aromatic carbocycles. The van der Waals surface area contributed by atoms with Gasteiger partial charge in [-0.1, -0.05) is 43.7 Å². The zero-order valence-electron chi connectivity index (χ0n) is 9.89. The van der Waals surface area contributed by atoms with E-state index in [2.05, 4.69) is 36.5 Å². The van der Waals surface area contributed by atoms with Gasteiger partial charge in [0.25, 0.3) is 0 Å². The fourth-order valence-corrected chi connectivity index (χ4v) is 2.58. The summed E-state index contributed by atoms with van der Waals surface area (Å²) in [6, 6.07) is 11.2. The Morgan fingerprint density at radius 1 is 1.25 bits per heavy atom. The largest absolute Gasteiger partial charge is 0.393 e. The van der Waals surface area contributed by atoms with E-state index in [1.54, 1.807) is 0 Å². The van der Waals surface area contributed by atoms with Crippen LogP contribution in [0.3, 0.4) is 0 Å². The Hall–Kier alpha value is -0.860. The first-order valence-corrected chi connectivity index (χ1v) is 6.28. The van der Waals surface area contributed by atoms with E-state index >= 15 is 0 Å². The second-order valence-electron chi connectivity index (χ2n) is 4.74. The van der Waals surface area contributed by atoms with Crippen molar-refractivity contribution in [1.82, 2.24) is 5.32 Å². The van der Waals surface area contributed by atoms with Gasteiger partial charge in [0.1, 0.15) is 0 Å². The highest BCUT2D eigenvalue weighted by Gasteiger charge is 2.26. The summed E-state index contributed by atoms with van der Waals surface area (Å²) in [5.41, 5.74) is 1.29. The number of hydrogen-bond donors (Lipinski definition) is 2. The van der Waals surface area contributed by atoms with E-state index in [9.17, 15) is 5.11 Å². The second kappa shape index (κ2) is 5.46. The first-order valence-electron chi connectivity index (χ1n) is 6.28. The molecule has 0 aromatic heterocycles. The van der Waals surface area contributed by atoms with Crippen LogP contribution in [-0.4, -0.2) is 17.3 Å². The van der Waals surface area contributed by atoms with Crippen LogP contribution in [0.4, 0.5) is 0 Å². The van der Waals surface area contributed by atoms with E-state index < -0.39 is 0 Å². The molecule has 1 aromatic rings. The third kappa shape index (κ3) is 2.83. The van der Waals surface area contributed by atoms with Gasteiger partial charge in [0.2, 0.25) is 0 Å². The van der Waals surface area contributed by atoms with Crippen LogP contribution in [-0.2, 0) is 0 Å². The van der Waals surface area contributed by atoms with Crippen LogP contribution in [0.2, 0.25) is 0 Å². The van der Waals surface area contributed by atoms with Crippen molar-refractivity contribution in [3.05, 3.63) is 35.9 Å². The van der Waals surface area contributed by atoms with E-state index in [1.165, 1.54) is 12.0 Å². The molecule has 2 heteroatoms. The van der Waals surface area contributed by atoms with E-state index in [1.807, 2.05) is 6.07 Å². The number of aliphatic hydroxyl groups is 1. The van der Waals surface area contributed by atoms with Gasteiger partial charge in [0.05, 0.1) is 6.10 Å². The first-order chi connectivity index (χ1) is 7.79. The lowest BCUT2D eigenvalue weighted by atomic mass is 9.90. The molecule has 88 valence electrons. The standard InChI is InChI=1S/C14H21NO/c1-2-6-12-9-13(16)10-14(15-12)11-7-4-3-5-8-11/h3-5,7-8,12-16H,2,6,9-10H2,1H3. The molecule has 1 fully saturated rings. The summed E-state index contributed by atoms with van der Waals surface area (Å²) < 4.78 is 0. The quantitative estimate of drug-likeness (QED) is 0.819. The Labute approximate surface area is 97.7 Å². The third-order valence-corrected chi connectivity index (χ3v) is 3.34. The van der Waals surface area contributed by atoms with E-state index in [-0.39, 0.29) is 6.10 Å². The minimum atomic E-state index is -0.150. The molecule has 1 saturated heterocycles. The van der Waals surface area contributed by atoms with Crippen molar-refractivity contribution in [2.24, 2.45) is 0 Å². The topological polar surface area (TPSA) is 32.3 Å². The highest BCUT2D eigenvalue weighted by atomic mass is 16.3. The summed E-state index contributed by atoms with van der Waals surface area (Å²) in [5, 5.41) is 13.5. The van der Waals surface area contributed by atoms with Crippen LogP contribution in [0.5, 0.6) is 0 Å². The first kappa shape index (κ1) is 11.6. The average Bonchev–Trinajstić information content (AvgIpc) is 2.30. The molecule has 16 heavy (non-hydrogen) atoms. The Bertz CT molecular complexity index is 312. The number of piperidine rings is 1. The van der Waals surface area contributed by atoms with Crippen LogP contribution >= 0.6 is 0 Å². The highest BCUT2D eigenvalue weighted by Crippen LogP contribution is 2.27. The van der Waals surface area contributed by atoms with Crippen molar-refractivity contribution in [1.29, 1.82) is 0 Å². The maximum absolute atomic E-state index is 9.90. The van der Waals surface area contributed by atoms with E-state index in [0.717, 1.165) is 19.3 Å². The smallest absolute Gasteiger partial charge is 0.0573 e. The lowest BCUT2D eigenvalue weighted by molar-refractivity contribution is 0.0910. The molecular formula is C14H21NO. The molecule has 0 radical (unpaired) electrons. The zero-order valence-corrected chi connectivity index (χ0v) is 9.89. The van der Waals surface area contributed by atoms with Gasteiger partial charge in [0, 0.05) is 12.1 Å². The SMILES string of the molecule is CCCC1CC(O)CC(c2ccccc2)N1. The summed E-state index contributed by atoms with van der Waals surface area (Å²) in [6.07, 6.45) is 3.91. The summed E-state index contributed by atoms with van der Waals surface area (Å²) >= 11 is 0. The van der Waals surface area contributed by atoms with Crippen molar-refractivity contribution in [3.8, 4) is 0 Å². The van der Waals surface area contributed by atoms with Crippen LogP contribution in [0.25, 0.3) is 0 Å². The van der Waals surface area contributed by atoms with Crippen molar-refractivity contribution in [2.75, 3.05) is 0 Å². The predicted octanol–water partition coefficient (Wildman–Crippen LogP) is 2.64. The third-order valence-electron chi connectivity index (χ3n) is 3.34. The summed E-state index contributed by atoms with van der Waals surface area (Å²) in [4.78, 5) is 0. The summed E-state index contributed by atoms with van der Waals surface area (Å²) in [7, 11) is 0. The van der Waals surface area contributed by atoms with Gasteiger partial charge in [-0.3, -0.25) is 0 Å². The van der Waals surface area contributed by atoms with Crippen LogP contribution in [0.15, 0.2) is 30.3 Å². The van der Waals surface area contributed by atoms with Crippen molar-refractivity contribution >= 4 is 0 Å². The maximum Gasteiger partial charge on any atom is 0.0573 e. The fraction of sp³-hybridized carbons (Fsp3) is 0.571. The van der Waals surface area contributed by atoms with Crippen molar-refractivity contribution in [3.63, 3.8) is 0 Å². The van der Waals surface area contributed by atoms with Gasteiger partial charge < -0.3 is 10.4 Å². The van der Waals surface area contributed by atoms with Gasteiger partial charge in [-0.25, -0.2) is 0 Å². The molecule has 0 amide bonds. The molecular weight excluding hydrogens is 198 g/mol. The molecule has 2 N–H and O–H groups in total. The molecule has 1 heterocycles. The molecule has 1 aliphatic rings.